The molecule has 3 heterocycles. The van der Waals surface area contributed by atoms with E-state index in [1.807, 2.05) is 0 Å². The van der Waals surface area contributed by atoms with Crippen molar-refractivity contribution >= 4 is 35.6 Å². The lowest BCUT2D eigenvalue weighted by Gasteiger charge is -2.14. The van der Waals surface area contributed by atoms with Crippen molar-refractivity contribution < 1.29 is 43.3 Å². The van der Waals surface area contributed by atoms with Crippen molar-refractivity contribution in [3.63, 3.8) is 0 Å². The van der Waals surface area contributed by atoms with Gasteiger partial charge in [-0.05, 0) is 25.7 Å². The van der Waals surface area contributed by atoms with E-state index >= 15 is 0 Å². The quantitative estimate of drug-likeness (QED) is 0.0945. The van der Waals surface area contributed by atoms with Gasteiger partial charge < -0.3 is 14.6 Å². The van der Waals surface area contributed by atoms with Crippen molar-refractivity contribution in [2.45, 2.75) is 71.0 Å². The Labute approximate surface area is 262 Å². The lowest BCUT2D eigenvalue weighted by atomic mass is 10.2. The molecule has 0 fully saturated rings. The molecule has 3 rings (SSSR count). The van der Waals surface area contributed by atoms with Gasteiger partial charge in [-0.3, -0.25) is 38.6 Å². The zero-order valence-electron chi connectivity index (χ0n) is 25.3. The molecule has 0 aliphatic carbocycles. The van der Waals surface area contributed by atoms with E-state index in [0.717, 1.165) is 9.80 Å². The van der Waals surface area contributed by atoms with E-state index in [2.05, 4.69) is 0 Å². The van der Waals surface area contributed by atoms with Crippen LogP contribution in [0.4, 0.5) is 0 Å². The number of aliphatic hydroxyl groups is 1. The van der Waals surface area contributed by atoms with Crippen LogP contribution in [0.1, 0.15) is 51.4 Å². The summed E-state index contributed by atoms with van der Waals surface area (Å²) < 4.78 is 12.3. The number of nitrogens with zero attached hydrogens (tertiary/aromatic N) is 5. The maximum Gasteiger partial charge on any atom is 0.336 e. The molecule has 250 valence electrons. The largest absolute Gasteiger partial charge is 0.464 e. The molecular formula is C29H37N5O12. The standard InChI is InChI=1S/C29H37N5O12/c35-18-15-32-27(42)33(16-19-45-25(40)7-3-1-5-13-30-21(36)9-10-22(30)37)29(44)34(28(32)43)17-20-46-26(41)8-4-2-6-14-31-23(38)11-12-24(31)39/h9-12,35H,1-8,13-20H2. The van der Waals surface area contributed by atoms with E-state index in [9.17, 15) is 48.3 Å². The van der Waals surface area contributed by atoms with Crippen LogP contribution in [0.15, 0.2) is 38.7 Å². The topological polar surface area (TPSA) is 214 Å². The average Bonchev–Trinajstić information content (AvgIpc) is 3.52. The summed E-state index contributed by atoms with van der Waals surface area (Å²) in [6, 6.07) is 0. The SMILES string of the molecule is O=C(CCCCCN1C(=O)C=CC1=O)OCCn1c(=O)n(CCO)c(=O)n(CCOC(=O)CCCCCN2C(=O)C=CC2=O)c1=O. The second-order valence-electron chi connectivity index (χ2n) is 10.4. The molecule has 2 aliphatic rings. The summed E-state index contributed by atoms with van der Waals surface area (Å²) in [6.07, 6.45) is 7.81. The van der Waals surface area contributed by atoms with Crippen molar-refractivity contribution in [2.24, 2.45) is 0 Å². The van der Waals surface area contributed by atoms with Crippen molar-refractivity contribution in [1.82, 2.24) is 23.5 Å². The van der Waals surface area contributed by atoms with Crippen LogP contribution in [-0.2, 0) is 57.9 Å². The number of aliphatic hydroxyl groups excluding tert-OH is 1. The van der Waals surface area contributed by atoms with E-state index in [4.69, 9.17) is 9.47 Å². The number of hydrogen-bond acceptors (Lipinski definition) is 12. The number of rotatable bonds is 20. The first-order valence-corrected chi connectivity index (χ1v) is 15.0. The molecule has 0 radical (unpaired) electrons. The predicted octanol–water partition coefficient (Wildman–Crippen LogP) is -1.78. The fourth-order valence-corrected chi connectivity index (χ4v) is 4.74. The highest BCUT2D eigenvalue weighted by molar-refractivity contribution is 6.13. The minimum atomic E-state index is -1.00. The van der Waals surface area contributed by atoms with Gasteiger partial charge in [0.05, 0.1) is 26.2 Å². The zero-order valence-corrected chi connectivity index (χ0v) is 25.3. The van der Waals surface area contributed by atoms with Gasteiger partial charge in [0.25, 0.3) is 23.6 Å². The molecular weight excluding hydrogens is 610 g/mol. The third-order valence-corrected chi connectivity index (χ3v) is 7.19. The molecule has 2 aliphatic heterocycles. The molecule has 0 spiro atoms. The highest BCUT2D eigenvalue weighted by Gasteiger charge is 2.23. The van der Waals surface area contributed by atoms with E-state index in [-0.39, 0.29) is 75.9 Å². The molecule has 1 aromatic rings. The van der Waals surface area contributed by atoms with Gasteiger partial charge in [0.2, 0.25) is 0 Å². The Kier molecular flexibility index (Phi) is 13.5. The zero-order chi connectivity index (χ0) is 33.6. The molecule has 17 nitrogen and oxygen atoms in total. The fourth-order valence-electron chi connectivity index (χ4n) is 4.74. The molecule has 0 saturated heterocycles. The van der Waals surface area contributed by atoms with Crippen molar-refractivity contribution in [2.75, 3.05) is 32.9 Å². The monoisotopic (exact) mass is 647 g/mol. The Balaban J connectivity index is 1.43. The normalized spacial score (nSPS) is 14.2. The molecule has 0 saturated carbocycles. The second kappa shape index (κ2) is 17.5. The summed E-state index contributed by atoms with van der Waals surface area (Å²) in [5.74, 6) is -2.68. The molecule has 1 N–H and O–H groups in total. The fraction of sp³-hybridized carbons (Fsp3) is 0.552. The molecule has 1 aromatic heterocycles. The Hall–Kier alpha value is -4.93. The van der Waals surface area contributed by atoms with Gasteiger partial charge in [-0.25, -0.2) is 28.1 Å². The van der Waals surface area contributed by atoms with Gasteiger partial charge in [0.15, 0.2) is 0 Å². The van der Waals surface area contributed by atoms with Crippen LogP contribution >= 0.6 is 0 Å². The summed E-state index contributed by atoms with van der Waals surface area (Å²) >= 11 is 0. The van der Waals surface area contributed by atoms with Crippen LogP contribution in [0.5, 0.6) is 0 Å². The van der Waals surface area contributed by atoms with E-state index < -0.39 is 42.2 Å². The summed E-state index contributed by atoms with van der Waals surface area (Å²) in [4.78, 5) is 111. The first-order chi connectivity index (χ1) is 22.0. The minimum Gasteiger partial charge on any atom is -0.464 e. The number of unbranched alkanes of at least 4 members (excludes halogenated alkanes) is 4. The summed E-state index contributed by atoms with van der Waals surface area (Å²) in [5, 5.41) is 9.32. The second-order valence-corrected chi connectivity index (χ2v) is 10.4. The predicted molar refractivity (Wildman–Crippen MR) is 157 cm³/mol. The smallest absolute Gasteiger partial charge is 0.336 e. The Morgan fingerprint density at radius 1 is 0.500 bits per heavy atom. The van der Waals surface area contributed by atoms with Gasteiger partial charge in [-0.15, -0.1) is 0 Å². The number of carbonyl (C=O) groups is 6. The van der Waals surface area contributed by atoms with Crippen LogP contribution in [0.3, 0.4) is 0 Å². The number of imide groups is 2. The summed E-state index contributed by atoms with van der Waals surface area (Å²) in [7, 11) is 0. The number of ether oxygens (including phenoxy) is 2. The first kappa shape index (κ1) is 35.5. The highest BCUT2D eigenvalue weighted by atomic mass is 16.5. The average molecular weight is 648 g/mol. The Morgan fingerprint density at radius 3 is 1.20 bits per heavy atom. The van der Waals surface area contributed by atoms with Crippen LogP contribution in [0.25, 0.3) is 0 Å². The maximum absolute atomic E-state index is 13.0. The third-order valence-electron chi connectivity index (χ3n) is 7.19. The summed E-state index contributed by atoms with van der Waals surface area (Å²) in [5.41, 5.74) is -3.00. The van der Waals surface area contributed by atoms with Crippen molar-refractivity contribution in [1.29, 1.82) is 0 Å². The van der Waals surface area contributed by atoms with Gasteiger partial charge >= 0.3 is 29.0 Å². The van der Waals surface area contributed by atoms with Crippen LogP contribution < -0.4 is 17.1 Å². The minimum absolute atomic E-state index is 0.0317. The van der Waals surface area contributed by atoms with Crippen LogP contribution in [-0.4, -0.2) is 97.1 Å². The van der Waals surface area contributed by atoms with Crippen molar-refractivity contribution in [3.05, 3.63) is 55.8 Å². The first-order valence-electron chi connectivity index (χ1n) is 15.0. The Morgan fingerprint density at radius 2 is 0.848 bits per heavy atom. The number of esters is 2. The van der Waals surface area contributed by atoms with Gasteiger partial charge in [0.1, 0.15) is 13.2 Å². The third kappa shape index (κ3) is 9.79. The van der Waals surface area contributed by atoms with Gasteiger partial charge in [-0.1, -0.05) is 12.8 Å². The molecule has 0 bridgehead atoms. The van der Waals surface area contributed by atoms with Gasteiger partial charge in [-0.2, -0.15) is 0 Å². The van der Waals surface area contributed by atoms with Crippen LogP contribution in [0, 0.1) is 0 Å². The molecule has 46 heavy (non-hydrogen) atoms. The van der Waals surface area contributed by atoms with E-state index in [0.29, 0.717) is 52.2 Å². The number of carbonyl (C=O) groups excluding carboxylic acids is 6. The lowest BCUT2D eigenvalue weighted by molar-refractivity contribution is -0.144. The summed E-state index contributed by atoms with van der Waals surface area (Å²) in [6.45, 7) is -1.92. The Bertz CT molecular complexity index is 1420. The van der Waals surface area contributed by atoms with Crippen LogP contribution in [0.2, 0.25) is 0 Å². The number of aromatic nitrogens is 3. The molecule has 0 aromatic carbocycles. The van der Waals surface area contributed by atoms with Crippen molar-refractivity contribution in [3.8, 4) is 0 Å². The molecule has 4 amide bonds. The number of amides is 4. The van der Waals surface area contributed by atoms with Gasteiger partial charge in [0, 0.05) is 50.2 Å². The number of hydrogen-bond donors (Lipinski definition) is 1. The van der Waals surface area contributed by atoms with E-state index in [1.54, 1.807) is 0 Å². The van der Waals surface area contributed by atoms with E-state index in [1.165, 1.54) is 24.3 Å². The maximum atomic E-state index is 13.0. The molecule has 17 heteroatoms. The molecule has 0 atom stereocenters. The lowest BCUT2D eigenvalue weighted by Crippen LogP contribution is -2.55. The highest BCUT2D eigenvalue weighted by Crippen LogP contribution is 2.09. The molecule has 0 unspecified atom stereocenters.